The van der Waals surface area contributed by atoms with Crippen molar-refractivity contribution >= 4 is 10.8 Å². The second-order valence-electron chi connectivity index (χ2n) is 3.68. The van der Waals surface area contributed by atoms with Crippen molar-refractivity contribution in [3.05, 3.63) is 48.0 Å². The average molecular weight is 203 g/mol. The minimum absolute atomic E-state index is 0.0865. The van der Waals surface area contributed by atoms with E-state index in [0.717, 1.165) is 16.3 Å². The van der Waals surface area contributed by atoms with Crippen LogP contribution in [0.1, 0.15) is 5.56 Å². The zero-order valence-electron chi connectivity index (χ0n) is 8.49. The molecule has 0 heterocycles. The summed E-state index contributed by atoms with van der Waals surface area (Å²) in [5.74, 6) is 0. The lowest BCUT2D eigenvalue weighted by Gasteiger charge is -2.08. The van der Waals surface area contributed by atoms with Crippen molar-refractivity contribution in [3.8, 4) is 0 Å². The number of rotatable bonds is 3. The van der Waals surface area contributed by atoms with Crippen molar-refractivity contribution in [1.29, 1.82) is 0 Å². The topological polar surface area (TPSA) is 26.0 Å². The maximum absolute atomic E-state index is 13.2. The Morgan fingerprint density at radius 1 is 1.07 bits per heavy atom. The van der Waals surface area contributed by atoms with Crippen LogP contribution in [0.5, 0.6) is 0 Å². The van der Waals surface area contributed by atoms with Crippen LogP contribution < -0.4 is 5.73 Å². The van der Waals surface area contributed by atoms with Gasteiger partial charge in [0.2, 0.25) is 0 Å². The molecule has 0 aliphatic rings. The largest absolute Gasteiger partial charge is 0.328 e. The molecule has 2 heteroatoms. The Labute approximate surface area is 88.7 Å². The number of hydrogen-bond acceptors (Lipinski definition) is 1. The van der Waals surface area contributed by atoms with E-state index in [9.17, 15) is 4.39 Å². The van der Waals surface area contributed by atoms with Crippen LogP contribution in [0.15, 0.2) is 42.5 Å². The van der Waals surface area contributed by atoms with Crippen molar-refractivity contribution in [1.82, 2.24) is 0 Å². The second-order valence-corrected chi connectivity index (χ2v) is 3.68. The molecule has 0 saturated carbocycles. The normalized spacial score (nSPS) is 12.9. The summed E-state index contributed by atoms with van der Waals surface area (Å²) in [4.78, 5) is 0. The highest BCUT2D eigenvalue weighted by molar-refractivity contribution is 5.85. The lowest BCUT2D eigenvalue weighted by atomic mass is 10.0. The molecule has 0 radical (unpaired) electrons. The van der Waals surface area contributed by atoms with Crippen molar-refractivity contribution in [3.63, 3.8) is 0 Å². The van der Waals surface area contributed by atoms with E-state index in [1.807, 2.05) is 42.5 Å². The van der Waals surface area contributed by atoms with Gasteiger partial charge in [0.15, 0.2) is 0 Å². The van der Waals surface area contributed by atoms with Crippen LogP contribution in [0.25, 0.3) is 10.8 Å². The molecule has 0 aliphatic carbocycles. The van der Waals surface area contributed by atoms with Gasteiger partial charge in [-0.1, -0.05) is 42.5 Å². The quantitative estimate of drug-likeness (QED) is 0.815. The van der Waals surface area contributed by atoms with E-state index < -0.39 is 6.17 Å². The van der Waals surface area contributed by atoms with E-state index in [1.165, 1.54) is 0 Å². The minimum atomic E-state index is -0.948. The van der Waals surface area contributed by atoms with Gasteiger partial charge in [0.1, 0.15) is 6.17 Å². The Hall–Kier alpha value is -1.41. The first kappa shape index (κ1) is 10.1. The maximum atomic E-state index is 13.2. The van der Waals surface area contributed by atoms with Gasteiger partial charge in [-0.3, -0.25) is 0 Å². The number of fused-ring (bicyclic) bond motifs is 1. The molecule has 1 nitrogen and oxygen atoms in total. The molecule has 2 rings (SSSR count). The molecule has 0 unspecified atom stereocenters. The molecule has 0 aliphatic heterocycles. The second kappa shape index (κ2) is 4.41. The molecule has 0 bridgehead atoms. The first-order chi connectivity index (χ1) is 7.31. The number of alkyl halides is 1. The predicted molar refractivity (Wildman–Crippen MR) is 61.6 cm³/mol. The molecule has 2 aromatic carbocycles. The van der Waals surface area contributed by atoms with Gasteiger partial charge in [-0.25, -0.2) is 4.39 Å². The van der Waals surface area contributed by atoms with Crippen LogP contribution in [-0.2, 0) is 6.42 Å². The monoisotopic (exact) mass is 203 g/mol. The van der Waals surface area contributed by atoms with Gasteiger partial charge in [-0.2, -0.15) is 0 Å². The average Bonchev–Trinajstić information content (AvgIpc) is 2.29. The third kappa shape index (κ3) is 2.16. The Morgan fingerprint density at radius 2 is 1.80 bits per heavy atom. The van der Waals surface area contributed by atoms with Gasteiger partial charge in [0.25, 0.3) is 0 Å². The first-order valence-electron chi connectivity index (χ1n) is 5.12. The molecule has 0 spiro atoms. The number of hydrogen-bond donors (Lipinski definition) is 1. The van der Waals surface area contributed by atoms with Gasteiger partial charge >= 0.3 is 0 Å². The van der Waals surface area contributed by atoms with Crippen LogP contribution in [0.2, 0.25) is 0 Å². The van der Waals surface area contributed by atoms with E-state index in [1.54, 1.807) is 0 Å². The Bertz CT molecular complexity index is 448. The Morgan fingerprint density at radius 3 is 2.60 bits per heavy atom. The number of benzene rings is 2. The third-order valence-corrected chi connectivity index (χ3v) is 2.58. The molecule has 2 aromatic rings. The molecule has 2 N–H and O–H groups in total. The molecule has 78 valence electrons. The standard InChI is InChI=1S/C13H14FN/c14-12(9-15)8-11-6-3-5-10-4-1-2-7-13(10)11/h1-7,12H,8-9,15H2/t12-/m1/s1. The van der Waals surface area contributed by atoms with Crippen LogP contribution >= 0.6 is 0 Å². The lowest BCUT2D eigenvalue weighted by Crippen LogP contribution is -2.17. The molecular weight excluding hydrogens is 189 g/mol. The summed E-state index contributed by atoms with van der Waals surface area (Å²) in [6.45, 7) is 0.0865. The minimum Gasteiger partial charge on any atom is -0.328 e. The van der Waals surface area contributed by atoms with Crippen molar-refractivity contribution in [2.24, 2.45) is 5.73 Å². The molecule has 0 amide bonds. The molecule has 1 atom stereocenters. The number of halogens is 1. The smallest absolute Gasteiger partial charge is 0.116 e. The summed E-state index contributed by atoms with van der Waals surface area (Å²) in [5, 5.41) is 2.27. The highest BCUT2D eigenvalue weighted by Gasteiger charge is 2.07. The lowest BCUT2D eigenvalue weighted by molar-refractivity contribution is 0.341. The van der Waals surface area contributed by atoms with Crippen molar-refractivity contribution in [2.75, 3.05) is 6.54 Å². The predicted octanol–water partition coefficient (Wildman–Crippen LogP) is 2.68. The molecule has 0 aromatic heterocycles. The van der Waals surface area contributed by atoms with E-state index in [2.05, 4.69) is 0 Å². The summed E-state index contributed by atoms with van der Waals surface area (Å²) in [6, 6.07) is 14.0. The Balaban J connectivity index is 2.42. The molecule has 0 saturated heterocycles. The highest BCUT2D eigenvalue weighted by Crippen LogP contribution is 2.20. The maximum Gasteiger partial charge on any atom is 0.116 e. The van der Waals surface area contributed by atoms with Crippen LogP contribution in [0, 0.1) is 0 Å². The molecule has 0 fully saturated rings. The fourth-order valence-corrected chi connectivity index (χ4v) is 1.79. The third-order valence-electron chi connectivity index (χ3n) is 2.58. The van der Waals surface area contributed by atoms with E-state index in [4.69, 9.17) is 5.73 Å². The van der Waals surface area contributed by atoms with Gasteiger partial charge < -0.3 is 5.73 Å². The van der Waals surface area contributed by atoms with Crippen LogP contribution in [0.4, 0.5) is 4.39 Å². The summed E-state index contributed by atoms with van der Waals surface area (Å²) >= 11 is 0. The molecular formula is C13H14FN. The fourth-order valence-electron chi connectivity index (χ4n) is 1.79. The van der Waals surface area contributed by atoms with Gasteiger partial charge in [0, 0.05) is 13.0 Å². The first-order valence-corrected chi connectivity index (χ1v) is 5.12. The number of nitrogens with two attached hydrogens (primary N) is 1. The van der Waals surface area contributed by atoms with Gasteiger partial charge in [0.05, 0.1) is 0 Å². The summed E-state index contributed by atoms with van der Waals surface area (Å²) < 4.78 is 13.2. The fraction of sp³-hybridized carbons (Fsp3) is 0.231. The zero-order chi connectivity index (χ0) is 10.7. The molecule has 15 heavy (non-hydrogen) atoms. The van der Waals surface area contributed by atoms with Gasteiger partial charge in [-0.15, -0.1) is 0 Å². The van der Waals surface area contributed by atoms with Crippen molar-refractivity contribution < 1.29 is 4.39 Å². The summed E-state index contributed by atoms with van der Waals surface area (Å²) in [7, 11) is 0. The van der Waals surface area contributed by atoms with E-state index in [-0.39, 0.29) is 6.54 Å². The zero-order valence-corrected chi connectivity index (χ0v) is 8.49. The summed E-state index contributed by atoms with van der Waals surface area (Å²) in [5.41, 5.74) is 6.32. The van der Waals surface area contributed by atoms with Crippen LogP contribution in [0.3, 0.4) is 0 Å². The van der Waals surface area contributed by atoms with Gasteiger partial charge in [-0.05, 0) is 16.3 Å². The Kier molecular flexibility index (Phi) is 2.97. The van der Waals surface area contributed by atoms with E-state index >= 15 is 0 Å². The van der Waals surface area contributed by atoms with Crippen molar-refractivity contribution in [2.45, 2.75) is 12.6 Å². The highest BCUT2D eigenvalue weighted by atomic mass is 19.1. The SMILES string of the molecule is NC[C@H](F)Cc1cccc2ccccc12. The van der Waals surface area contributed by atoms with Crippen LogP contribution in [-0.4, -0.2) is 12.7 Å². The van der Waals surface area contributed by atoms with E-state index in [0.29, 0.717) is 6.42 Å². The summed E-state index contributed by atoms with van der Waals surface area (Å²) in [6.07, 6.45) is -0.548.